The predicted molar refractivity (Wildman–Crippen MR) is 114 cm³/mol. The van der Waals surface area contributed by atoms with Crippen molar-refractivity contribution in [1.82, 2.24) is 10.2 Å². The van der Waals surface area contributed by atoms with Gasteiger partial charge in [-0.15, -0.1) is 6.58 Å². The Morgan fingerprint density at radius 1 is 1.13 bits per heavy atom. The number of hydrogen-bond donors (Lipinski definition) is 1. The minimum absolute atomic E-state index is 0.00953. The van der Waals surface area contributed by atoms with Gasteiger partial charge in [0.25, 0.3) is 0 Å². The highest BCUT2D eigenvalue weighted by molar-refractivity contribution is 7.92. The Morgan fingerprint density at radius 3 is 2.42 bits per heavy atom. The van der Waals surface area contributed by atoms with E-state index in [0.717, 1.165) is 10.5 Å². The van der Waals surface area contributed by atoms with E-state index in [1.165, 1.54) is 12.1 Å². The van der Waals surface area contributed by atoms with Crippen molar-refractivity contribution in [3.8, 4) is 0 Å². The summed E-state index contributed by atoms with van der Waals surface area (Å²) in [6.45, 7) is 3.66. The van der Waals surface area contributed by atoms with Gasteiger partial charge in [0.15, 0.2) is 9.84 Å². The Morgan fingerprint density at radius 2 is 1.77 bits per heavy atom. The summed E-state index contributed by atoms with van der Waals surface area (Å²) < 4.78 is 32.3. The van der Waals surface area contributed by atoms with Crippen LogP contribution >= 0.6 is 0 Å². The number of rotatable bonds is 6. The first-order chi connectivity index (χ1) is 14.9. The number of carbonyl (C=O) groups is 2. The average Bonchev–Trinajstić information content (AvgIpc) is 3.30. The first-order valence-electron chi connectivity index (χ1n) is 9.87. The Balaban J connectivity index is 1.72. The maximum atomic E-state index is 13.4. The quantitative estimate of drug-likeness (QED) is 0.700. The molecule has 0 bridgehead atoms. The molecule has 0 aromatic heterocycles. The van der Waals surface area contributed by atoms with Gasteiger partial charge in [0, 0.05) is 12.0 Å². The smallest absolute Gasteiger partial charge is 0.415 e. The summed E-state index contributed by atoms with van der Waals surface area (Å²) in [4.78, 5) is 26.8. The number of nitrogens with one attached hydrogen (secondary N) is 1. The molecule has 0 aliphatic carbocycles. The zero-order valence-corrected chi connectivity index (χ0v) is 17.5. The van der Waals surface area contributed by atoms with Gasteiger partial charge in [-0.25, -0.2) is 13.2 Å². The molecule has 2 aliphatic rings. The number of ether oxygens (including phenoxy) is 1. The highest BCUT2D eigenvalue weighted by Crippen LogP contribution is 2.40. The van der Waals surface area contributed by atoms with Crippen LogP contribution in [0.4, 0.5) is 4.79 Å². The zero-order valence-electron chi connectivity index (χ0n) is 16.7. The van der Waals surface area contributed by atoms with Crippen molar-refractivity contribution in [3.05, 3.63) is 90.2 Å². The van der Waals surface area contributed by atoms with E-state index in [9.17, 15) is 18.0 Å². The maximum absolute atomic E-state index is 13.4. The highest BCUT2D eigenvalue weighted by Gasteiger charge is 2.52. The van der Waals surface area contributed by atoms with Crippen molar-refractivity contribution in [2.75, 3.05) is 0 Å². The Bertz CT molecular complexity index is 1140. The molecule has 2 amide bonds. The van der Waals surface area contributed by atoms with E-state index in [2.05, 4.69) is 11.9 Å². The Hall–Kier alpha value is -3.39. The second-order valence-corrected chi connectivity index (χ2v) is 9.45. The van der Waals surface area contributed by atoms with Crippen molar-refractivity contribution >= 4 is 21.8 Å². The van der Waals surface area contributed by atoms with Crippen LogP contribution in [0.1, 0.15) is 18.4 Å². The number of amides is 2. The summed E-state index contributed by atoms with van der Waals surface area (Å²) in [5, 5.41) is 1.61. The molecule has 1 fully saturated rings. The molecule has 2 aliphatic heterocycles. The molecule has 0 spiro atoms. The number of sulfone groups is 1. The molecule has 0 radical (unpaired) electrons. The number of fused-ring (bicyclic) bond motifs is 1. The van der Waals surface area contributed by atoms with Gasteiger partial charge in [-0.3, -0.25) is 9.69 Å². The number of allylic oxidation sites excluding steroid dienone is 1. The fourth-order valence-corrected chi connectivity index (χ4v) is 5.74. The molecule has 2 aromatic rings. The van der Waals surface area contributed by atoms with E-state index in [1.54, 1.807) is 36.4 Å². The molecular formula is C23H22N2O5S. The molecule has 8 heteroatoms. The standard InChI is InChI=1S/C23H22N2O5S/c1-2-9-18-21-19(24-22(18)26)14-20(31(28,29)17-12-7-4-8-13-17)25(21)23(27)30-15-16-10-5-3-6-11-16/h2-8,10-13,19-20H,1,9,14-15H2,(H,24,26)/t19-,20?/m0/s1. The molecule has 1 unspecified atom stereocenters. The molecule has 31 heavy (non-hydrogen) atoms. The van der Waals surface area contributed by atoms with Gasteiger partial charge in [0.05, 0.1) is 16.6 Å². The first-order valence-corrected chi connectivity index (χ1v) is 11.4. The normalized spacial score (nSPS) is 20.4. The monoisotopic (exact) mass is 438 g/mol. The van der Waals surface area contributed by atoms with E-state index in [0.29, 0.717) is 11.3 Å². The Labute approximate surface area is 180 Å². The largest absolute Gasteiger partial charge is 0.444 e. The lowest BCUT2D eigenvalue weighted by Crippen LogP contribution is -2.40. The fraction of sp³-hybridized carbons (Fsp3) is 0.217. The van der Waals surface area contributed by atoms with E-state index in [4.69, 9.17) is 4.74 Å². The van der Waals surface area contributed by atoms with Gasteiger partial charge >= 0.3 is 6.09 Å². The van der Waals surface area contributed by atoms with Crippen LogP contribution in [0.25, 0.3) is 0 Å². The minimum atomic E-state index is -3.90. The van der Waals surface area contributed by atoms with Crippen LogP contribution in [0, 0.1) is 0 Å². The number of hydrogen-bond acceptors (Lipinski definition) is 5. The van der Waals surface area contributed by atoms with Crippen LogP contribution in [-0.4, -0.2) is 36.7 Å². The van der Waals surface area contributed by atoms with Crippen molar-refractivity contribution in [3.63, 3.8) is 0 Å². The van der Waals surface area contributed by atoms with E-state index in [1.807, 2.05) is 18.2 Å². The zero-order chi connectivity index (χ0) is 22.0. The summed E-state index contributed by atoms with van der Waals surface area (Å²) in [6, 6.07) is 16.5. The molecular weight excluding hydrogens is 416 g/mol. The highest BCUT2D eigenvalue weighted by atomic mass is 32.2. The third-order valence-electron chi connectivity index (χ3n) is 5.38. The number of likely N-dealkylation sites (tertiary alicyclic amines) is 1. The summed E-state index contributed by atoms with van der Waals surface area (Å²) in [5.74, 6) is -0.323. The number of carbonyl (C=O) groups excluding carboxylic acids is 2. The fourth-order valence-electron chi connectivity index (χ4n) is 3.97. The van der Waals surface area contributed by atoms with Crippen LogP contribution in [-0.2, 0) is 26.0 Å². The molecule has 7 nitrogen and oxygen atoms in total. The van der Waals surface area contributed by atoms with E-state index >= 15 is 0 Å². The summed E-state index contributed by atoms with van der Waals surface area (Å²) >= 11 is 0. The van der Waals surface area contributed by atoms with Crippen LogP contribution in [0.5, 0.6) is 0 Å². The second-order valence-electron chi connectivity index (χ2n) is 7.34. The van der Waals surface area contributed by atoms with Crippen LogP contribution in [0.3, 0.4) is 0 Å². The third kappa shape index (κ3) is 3.86. The lowest BCUT2D eigenvalue weighted by atomic mass is 10.1. The Kier molecular flexibility index (Phi) is 5.65. The first kappa shape index (κ1) is 20.9. The summed E-state index contributed by atoms with van der Waals surface area (Å²) in [7, 11) is -3.90. The van der Waals surface area contributed by atoms with Gasteiger partial charge in [-0.1, -0.05) is 54.6 Å². The molecule has 4 rings (SSSR count). The lowest BCUT2D eigenvalue weighted by molar-refractivity contribution is -0.117. The summed E-state index contributed by atoms with van der Waals surface area (Å²) in [5.41, 5.74) is 1.46. The average molecular weight is 439 g/mol. The second kappa shape index (κ2) is 8.39. The van der Waals surface area contributed by atoms with Crippen molar-refractivity contribution in [2.45, 2.75) is 35.8 Å². The van der Waals surface area contributed by atoms with Gasteiger partial charge in [0.1, 0.15) is 12.0 Å². The van der Waals surface area contributed by atoms with Crippen LogP contribution < -0.4 is 5.32 Å². The van der Waals surface area contributed by atoms with Crippen LogP contribution in [0.15, 0.2) is 89.5 Å². The molecule has 0 saturated carbocycles. The molecule has 2 atom stereocenters. The van der Waals surface area contributed by atoms with E-state index < -0.39 is 27.3 Å². The number of nitrogens with zero attached hydrogens (tertiary/aromatic N) is 1. The topological polar surface area (TPSA) is 92.8 Å². The SMILES string of the molecule is C=CCC1=C2[C@H](CC(S(=O)(=O)c3ccccc3)N2C(=O)OCc2ccccc2)NC1=O. The van der Waals surface area contributed by atoms with Crippen molar-refractivity contribution < 1.29 is 22.7 Å². The minimum Gasteiger partial charge on any atom is -0.444 e. The van der Waals surface area contributed by atoms with Crippen LogP contribution in [0.2, 0.25) is 0 Å². The van der Waals surface area contributed by atoms with Gasteiger partial charge in [-0.2, -0.15) is 0 Å². The lowest BCUT2D eigenvalue weighted by Gasteiger charge is -2.25. The molecule has 1 N–H and O–H groups in total. The van der Waals surface area contributed by atoms with Gasteiger partial charge < -0.3 is 10.1 Å². The maximum Gasteiger partial charge on any atom is 0.415 e. The molecule has 2 heterocycles. The molecule has 1 saturated heterocycles. The van der Waals surface area contributed by atoms with Gasteiger partial charge in [-0.05, 0) is 24.1 Å². The van der Waals surface area contributed by atoms with Crippen molar-refractivity contribution in [2.24, 2.45) is 0 Å². The van der Waals surface area contributed by atoms with Crippen molar-refractivity contribution in [1.29, 1.82) is 0 Å². The summed E-state index contributed by atoms with van der Waals surface area (Å²) in [6.07, 6.45) is 1.03. The number of benzene rings is 2. The van der Waals surface area contributed by atoms with E-state index in [-0.39, 0.29) is 30.3 Å². The van der Waals surface area contributed by atoms with Gasteiger partial charge in [0.2, 0.25) is 5.91 Å². The molecule has 2 aromatic carbocycles. The third-order valence-corrected chi connectivity index (χ3v) is 7.43. The predicted octanol–water partition coefficient (Wildman–Crippen LogP) is 3.16. The molecule has 160 valence electrons.